The van der Waals surface area contributed by atoms with E-state index >= 15 is 0 Å². The Kier molecular flexibility index (Phi) is 6.70. The normalized spacial score (nSPS) is 18.6. The van der Waals surface area contributed by atoms with Gasteiger partial charge in [-0.25, -0.2) is 17.2 Å². The van der Waals surface area contributed by atoms with Gasteiger partial charge in [0.25, 0.3) is 6.43 Å². The van der Waals surface area contributed by atoms with Crippen LogP contribution in [0.1, 0.15) is 55.5 Å². The van der Waals surface area contributed by atoms with Crippen molar-refractivity contribution in [1.82, 2.24) is 29.6 Å². The van der Waals surface area contributed by atoms with E-state index in [1.165, 1.54) is 6.07 Å². The molecule has 1 amide bonds. The molecule has 0 radical (unpaired) electrons. The molecule has 1 saturated carbocycles. The molecule has 3 aromatic rings. The largest absolute Gasteiger partial charge is 0.341 e. The van der Waals surface area contributed by atoms with Crippen molar-refractivity contribution in [1.29, 1.82) is 5.26 Å². The standard InChI is InChI=1S/C23H26F2N8O3S2/c1-12(27)22(34)33-7-3-13(4-8-33)15-9-14(38(35,36)31-23(11-26)5-6-23)10-16-17(30-32(2)18(15)16)20-28-29-21(37-20)19(24)25/h9-10,12-13,19,31H,3-8,27H2,1-2H3/t12-/m0/s1. The van der Waals surface area contributed by atoms with Gasteiger partial charge >= 0.3 is 0 Å². The predicted octanol–water partition coefficient (Wildman–Crippen LogP) is 2.42. The molecule has 202 valence electrons. The first-order valence-corrected chi connectivity index (χ1v) is 14.4. The van der Waals surface area contributed by atoms with Crippen LogP contribution in [0.15, 0.2) is 17.0 Å². The maximum absolute atomic E-state index is 13.4. The Labute approximate surface area is 221 Å². The summed E-state index contributed by atoms with van der Waals surface area (Å²) in [5, 5.41) is 21.5. The summed E-state index contributed by atoms with van der Waals surface area (Å²) in [7, 11) is -2.40. The molecule has 1 atom stereocenters. The van der Waals surface area contributed by atoms with Crippen LogP contribution < -0.4 is 10.5 Å². The zero-order valence-electron chi connectivity index (χ0n) is 20.7. The molecule has 1 aromatic carbocycles. The van der Waals surface area contributed by atoms with Crippen molar-refractivity contribution in [2.45, 2.75) is 61.4 Å². The summed E-state index contributed by atoms with van der Waals surface area (Å²) >= 11 is 0.695. The van der Waals surface area contributed by atoms with E-state index in [0.29, 0.717) is 66.6 Å². The first kappa shape index (κ1) is 26.5. The molecule has 11 nitrogen and oxygen atoms in total. The maximum Gasteiger partial charge on any atom is 0.291 e. The number of carbonyl (C=O) groups excluding carboxylic acids is 1. The second kappa shape index (κ2) is 9.60. The number of aryl methyl sites for hydroxylation is 1. The van der Waals surface area contributed by atoms with Gasteiger partial charge in [0.15, 0.2) is 10.0 Å². The Morgan fingerprint density at radius 1 is 1.29 bits per heavy atom. The molecule has 3 N–H and O–H groups in total. The molecule has 1 saturated heterocycles. The highest BCUT2D eigenvalue weighted by Crippen LogP contribution is 2.41. The van der Waals surface area contributed by atoms with Gasteiger partial charge in [0.1, 0.15) is 11.2 Å². The van der Waals surface area contributed by atoms with E-state index in [4.69, 9.17) is 5.73 Å². The molecule has 5 rings (SSSR count). The number of halogens is 2. The quantitative estimate of drug-likeness (QED) is 0.442. The van der Waals surface area contributed by atoms with Crippen LogP contribution in [-0.4, -0.2) is 63.9 Å². The van der Waals surface area contributed by atoms with Gasteiger partial charge in [-0.2, -0.15) is 15.1 Å². The highest BCUT2D eigenvalue weighted by atomic mass is 32.2. The third-order valence-corrected chi connectivity index (χ3v) is 9.46. The van der Waals surface area contributed by atoms with E-state index in [-0.39, 0.29) is 27.4 Å². The number of hydrogen-bond acceptors (Lipinski definition) is 9. The highest BCUT2D eigenvalue weighted by Gasteiger charge is 2.47. The van der Waals surface area contributed by atoms with Gasteiger partial charge in [-0.1, -0.05) is 11.3 Å². The van der Waals surface area contributed by atoms with Crippen LogP contribution in [0.25, 0.3) is 21.6 Å². The molecule has 0 spiro atoms. The van der Waals surface area contributed by atoms with E-state index in [1.54, 1.807) is 29.6 Å². The van der Waals surface area contributed by atoms with Gasteiger partial charge in [-0.3, -0.25) is 9.48 Å². The molecule has 3 heterocycles. The number of hydrogen-bond donors (Lipinski definition) is 2. The Hall–Kier alpha value is -3.06. The Morgan fingerprint density at radius 3 is 2.53 bits per heavy atom. The number of nitrogens with one attached hydrogen (secondary N) is 1. The number of rotatable bonds is 7. The summed E-state index contributed by atoms with van der Waals surface area (Å²) < 4.78 is 57.3. The maximum atomic E-state index is 13.4. The van der Waals surface area contributed by atoms with Crippen LogP contribution in [0.4, 0.5) is 8.78 Å². The van der Waals surface area contributed by atoms with Crippen molar-refractivity contribution >= 4 is 38.2 Å². The minimum Gasteiger partial charge on any atom is -0.341 e. The molecule has 1 aliphatic carbocycles. The van der Waals surface area contributed by atoms with Crippen molar-refractivity contribution in [3.05, 3.63) is 22.7 Å². The number of sulfonamides is 1. The number of alkyl halides is 2. The smallest absolute Gasteiger partial charge is 0.291 e. The van der Waals surface area contributed by atoms with Crippen LogP contribution in [0.3, 0.4) is 0 Å². The van der Waals surface area contributed by atoms with E-state index < -0.39 is 33.0 Å². The first-order chi connectivity index (χ1) is 17.9. The highest BCUT2D eigenvalue weighted by molar-refractivity contribution is 7.89. The molecular weight excluding hydrogens is 538 g/mol. The van der Waals surface area contributed by atoms with Gasteiger partial charge < -0.3 is 10.6 Å². The molecule has 1 aliphatic heterocycles. The van der Waals surface area contributed by atoms with Crippen molar-refractivity contribution in [3.63, 3.8) is 0 Å². The molecule has 2 aliphatic rings. The number of nitrogens with two attached hydrogens (primary N) is 1. The van der Waals surface area contributed by atoms with E-state index in [9.17, 15) is 27.3 Å². The average molecular weight is 565 g/mol. The number of benzene rings is 1. The fourth-order valence-corrected chi connectivity index (χ4v) is 6.98. The molecule has 15 heteroatoms. The minimum atomic E-state index is -4.10. The van der Waals surface area contributed by atoms with Crippen molar-refractivity contribution < 1.29 is 22.0 Å². The predicted molar refractivity (Wildman–Crippen MR) is 135 cm³/mol. The number of amides is 1. The third kappa shape index (κ3) is 4.77. The second-order valence-electron chi connectivity index (χ2n) is 9.81. The van der Waals surface area contributed by atoms with Crippen molar-refractivity contribution in [2.75, 3.05) is 13.1 Å². The Bertz CT molecular complexity index is 1550. The summed E-state index contributed by atoms with van der Waals surface area (Å²) in [4.78, 5) is 14.0. The number of fused-ring (bicyclic) bond motifs is 1. The second-order valence-corrected chi connectivity index (χ2v) is 12.5. The van der Waals surface area contributed by atoms with Crippen LogP contribution in [-0.2, 0) is 21.9 Å². The van der Waals surface area contributed by atoms with E-state index in [2.05, 4.69) is 20.0 Å². The zero-order valence-corrected chi connectivity index (χ0v) is 22.3. The molecule has 2 fully saturated rings. The number of likely N-dealkylation sites (tertiary alicyclic amines) is 1. The summed E-state index contributed by atoms with van der Waals surface area (Å²) in [5.74, 6) is -0.251. The number of nitrogens with zero attached hydrogens (tertiary/aromatic N) is 6. The molecular formula is C23H26F2N8O3S2. The van der Waals surface area contributed by atoms with Crippen LogP contribution >= 0.6 is 11.3 Å². The fourth-order valence-electron chi connectivity index (χ4n) is 4.84. The Morgan fingerprint density at radius 2 is 1.97 bits per heavy atom. The van der Waals surface area contributed by atoms with Gasteiger partial charge in [0, 0.05) is 25.5 Å². The van der Waals surface area contributed by atoms with Crippen LogP contribution in [0.5, 0.6) is 0 Å². The lowest BCUT2D eigenvalue weighted by atomic mass is 9.87. The topological polar surface area (TPSA) is 160 Å². The average Bonchev–Trinajstić information content (AvgIpc) is 3.31. The minimum absolute atomic E-state index is 0.0524. The van der Waals surface area contributed by atoms with Crippen molar-refractivity contribution in [2.24, 2.45) is 12.8 Å². The van der Waals surface area contributed by atoms with Gasteiger partial charge in [0.05, 0.1) is 22.5 Å². The third-order valence-electron chi connectivity index (χ3n) is 7.01. The SMILES string of the molecule is C[C@H](N)C(=O)N1CCC(c2cc(S(=O)(=O)NC3(C#N)CC3)cc3c(-c4nnc(C(F)F)s4)nn(C)c23)CC1. The summed E-state index contributed by atoms with van der Waals surface area (Å²) in [5.41, 5.74) is 6.24. The van der Waals surface area contributed by atoms with E-state index in [0.717, 1.165) is 0 Å². The number of aromatic nitrogens is 4. The number of carbonyl (C=O) groups is 1. The summed E-state index contributed by atoms with van der Waals surface area (Å²) in [6, 6.07) is 4.44. The van der Waals surface area contributed by atoms with Crippen molar-refractivity contribution in [3.8, 4) is 16.8 Å². The molecule has 0 unspecified atom stereocenters. The monoisotopic (exact) mass is 564 g/mol. The van der Waals surface area contributed by atoms with Gasteiger partial charge in [0.2, 0.25) is 15.9 Å². The Balaban J connectivity index is 1.62. The number of piperidine rings is 1. The van der Waals surface area contributed by atoms with Gasteiger partial charge in [-0.05, 0) is 56.2 Å². The van der Waals surface area contributed by atoms with Crippen LogP contribution in [0.2, 0.25) is 0 Å². The number of nitriles is 1. The molecule has 38 heavy (non-hydrogen) atoms. The first-order valence-electron chi connectivity index (χ1n) is 12.1. The summed E-state index contributed by atoms with van der Waals surface area (Å²) in [6.45, 7) is 2.55. The lowest BCUT2D eigenvalue weighted by molar-refractivity contribution is -0.133. The summed E-state index contributed by atoms with van der Waals surface area (Å²) in [6.07, 6.45) is -0.813. The fraction of sp³-hybridized carbons (Fsp3) is 0.522. The lowest BCUT2D eigenvalue weighted by Gasteiger charge is -2.33. The zero-order chi connectivity index (χ0) is 27.4. The lowest BCUT2D eigenvalue weighted by Crippen LogP contribution is -2.45. The molecule has 0 bridgehead atoms. The van der Waals surface area contributed by atoms with Gasteiger partial charge in [-0.15, -0.1) is 10.2 Å². The van der Waals surface area contributed by atoms with Crippen LogP contribution in [0, 0.1) is 11.3 Å². The van der Waals surface area contributed by atoms with E-state index in [1.807, 2.05) is 6.07 Å². The molecule has 2 aromatic heterocycles.